The Balaban J connectivity index is 2.38. The number of para-hydroxylation sites is 1. The molecule has 2 rings (SSSR count). The Morgan fingerprint density at radius 2 is 1.90 bits per heavy atom. The average Bonchev–Trinajstić information content (AvgIpc) is 2.40. The minimum Gasteiger partial charge on any atom is -0.478 e. The minimum atomic E-state index is -1.15. The molecule has 2 N–H and O–H groups in total. The molecule has 4 nitrogen and oxygen atoms in total. The van der Waals surface area contributed by atoms with Crippen LogP contribution in [0.3, 0.4) is 0 Å². The van der Waals surface area contributed by atoms with E-state index in [2.05, 4.69) is 21.2 Å². The van der Waals surface area contributed by atoms with Crippen LogP contribution in [0.4, 0.5) is 10.1 Å². The third-order valence-corrected chi connectivity index (χ3v) is 3.58. The Bertz CT molecular complexity index is 731. The molecule has 0 bridgehead atoms. The molecular formula is C15H11BrFNO3. The first-order valence-electron chi connectivity index (χ1n) is 5.99. The van der Waals surface area contributed by atoms with E-state index in [-0.39, 0.29) is 16.8 Å². The molecule has 1 amide bonds. The minimum absolute atomic E-state index is 0.0301. The number of amides is 1. The van der Waals surface area contributed by atoms with Crippen molar-refractivity contribution in [2.75, 3.05) is 5.32 Å². The second kappa shape index (κ2) is 6.05. The highest BCUT2D eigenvalue weighted by molar-refractivity contribution is 9.10. The van der Waals surface area contributed by atoms with Crippen LogP contribution in [-0.4, -0.2) is 17.0 Å². The van der Waals surface area contributed by atoms with E-state index in [1.165, 1.54) is 24.3 Å². The van der Waals surface area contributed by atoms with Gasteiger partial charge in [-0.05, 0) is 58.7 Å². The van der Waals surface area contributed by atoms with Crippen molar-refractivity contribution in [3.05, 3.63) is 63.4 Å². The first-order valence-corrected chi connectivity index (χ1v) is 6.78. The van der Waals surface area contributed by atoms with Crippen LogP contribution in [-0.2, 0) is 0 Å². The lowest BCUT2D eigenvalue weighted by molar-refractivity contribution is 0.0698. The first kappa shape index (κ1) is 15.2. The van der Waals surface area contributed by atoms with Crippen molar-refractivity contribution in [2.24, 2.45) is 0 Å². The molecule has 0 aliphatic rings. The first-order chi connectivity index (χ1) is 9.90. The van der Waals surface area contributed by atoms with Gasteiger partial charge >= 0.3 is 5.97 Å². The van der Waals surface area contributed by atoms with Crippen molar-refractivity contribution in [3.63, 3.8) is 0 Å². The molecule has 0 radical (unpaired) electrons. The van der Waals surface area contributed by atoms with Crippen LogP contribution in [0.15, 0.2) is 40.9 Å². The Morgan fingerprint density at radius 3 is 2.52 bits per heavy atom. The number of anilines is 1. The Morgan fingerprint density at radius 1 is 1.19 bits per heavy atom. The third-order valence-electron chi connectivity index (χ3n) is 2.92. The Kier molecular flexibility index (Phi) is 4.37. The number of rotatable bonds is 3. The lowest BCUT2D eigenvalue weighted by atomic mass is 10.1. The summed E-state index contributed by atoms with van der Waals surface area (Å²) >= 11 is 3.21. The average molecular weight is 352 g/mol. The van der Waals surface area contributed by atoms with Gasteiger partial charge in [-0.25, -0.2) is 9.18 Å². The molecule has 0 aromatic heterocycles. The summed E-state index contributed by atoms with van der Waals surface area (Å²) in [4.78, 5) is 23.4. The van der Waals surface area contributed by atoms with Crippen LogP contribution in [0, 0.1) is 12.7 Å². The molecule has 2 aromatic carbocycles. The molecule has 0 saturated carbocycles. The number of halogens is 2. The van der Waals surface area contributed by atoms with Gasteiger partial charge in [-0.3, -0.25) is 4.79 Å². The summed E-state index contributed by atoms with van der Waals surface area (Å²) in [6, 6.07) is 8.36. The summed E-state index contributed by atoms with van der Waals surface area (Å²) in [6.45, 7) is 1.61. The number of nitrogens with one attached hydrogen (secondary N) is 1. The van der Waals surface area contributed by atoms with E-state index in [4.69, 9.17) is 5.11 Å². The van der Waals surface area contributed by atoms with Crippen molar-refractivity contribution in [3.8, 4) is 0 Å². The number of carbonyl (C=O) groups is 2. The highest BCUT2D eigenvalue weighted by Gasteiger charge is 2.17. The van der Waals surface area contributed by atoms with E-state index in [0.29, 0.717) is 10.0 Å². The molecule has 0 aliphatic carbocycles. The molecule has 0 unspecified atom stereocenters. The fraction of sp³-hybridized carbons (Fsp3) is 0.0667. The monoisotopic (exact) mass is 351 g/mol. The van der Waals surface area contributed by atoms with Crippen molar-refractivity contribution >= 4 is 33.5 Å². The van der Waals surface area contributed by atoms with E-state index in [1.54, 1.807) is 19.1 Å². The number of hydrogen-bond acceptors (Lipinski definition) is 2. The van der Waals surface area contributed by atoms with E-state index in [0.717, 1.165) is 0 Å². The summed E-state index contributed by atoms with van der Waals surface area (Å²) in [6.07, 6.45) is 0. The van der Waals surface area contributed by atoms with Crippen LogP contribution < -0.4 is 5.32 Å². The number of carbonyl (C=O) groups excluding carboxylic acids is 1. The fourth-order valence-corrected chi connectivity index (χ4v) is 2.36. The van der Waals surface area contributed by atoms with Gasteiger partial charge in [-0.2, -0.15) is 0 Å². The predicted molar refractivity (Wildman–Crippen MR) is 80.2 cm³/mol. The quantitative estimate of drug-likeness (QED) is 0.882. The number of aryl methyl sites for hydroxylation is 1. The van der Waals surface area contributed by atoms with Gasteiger partial charge in [-0.15, -0.1) is 0 Å². The summed E-state index contributed by atoms with van der Waals surface area (Å²) in [5.41, 5.74) is 0.885. The van der Waals surface area contributed by atoms with Gasteiger partial charge < -0.3 is 10.4 Å². The zero-order valence-corrected chi connectivity index (χ0v) is 12.6. The zero-order chi connectivity index (χ0) is 15.6. The zero-order valence-electron chi connectivity index (χ0n) is 11.0. The molecule has 108 valence electrons. The lowest BCUT2D eigenvalue weighted by Gasteiger charge is -2.12. The molecule has 6 heteroatoms. The predicted octanol–water partition coefficient (Wildman–Crippen LogP) is 3.85. The van der Waals surface area contributed by atoms with Crippen molar-refractivity contribution < 1.29 is 19.1 Å². The Hall–Kier alpha value is -2.21. The maximum atomic E-state index is 13.1. The third kappa shape index (κ3) is 3.28. The number of carboxylic acid groups (broad SMARTS) is 1. The molecule has 0 atom stereocenters. The van der Waals surface area contributed by atoms with E-state index >= 15 is 0 Å². The molecular weight excluding hydrogens is 341 g/mol. The molecule has 0 aliphatic heterocycles. The van der Waals surface area contributed by atoms with Gasteiger partial charge in [0, 0.05) is 10.0 Å². The van der Waals surface area contributed by atoms with Crippen molar-refractivity contribution in [1.29, 1.82) is 0 Å². The molecule has 21 heavy (non-hydrogen) atoms. The van der Waals surface area contributed by atoms with Gasteiger partial charge in [0.2, 0.25) is 0 Å². The van der Waals surface area contributed by atoms with Gasteiger partial charge in [0.15, 0.2) is 0 Å². The second-order valence-electron chi connectivity index (χ2n) is 4.38. The number of carboxylic acids is 1. The van der Waals surface area contributed by atoms with Gasteiger partial charge in [0.1, 0.15) is 5.82 Å². The highest BCUT2D eigenvalue weighted by Crippen LogP contribution is 2.27. The van der Waals surface area contributed by atoms with Crippen LogP contribution in [0.25, 0.3) is 0 Å². The molecule has 0 fully saturated rings. The summed E-state index contributed by atoms with van der Waals surface area (Å²) in [5, 5.41) is 11.7. The maximum Gasteiger partial charge on any atom is 0.337 e. The highest BCUT2D eigenvalue weighted by atomic mass is 79.9. The van der Waals surface area contributed by atoms with E-state index in [9.17, 15) is 14.0 Å². The number of hydrogen-bond donors (Lipinski definition) is 2. The summed E-state index contributed by atoms with van der Waals surface area (Å²) in [5.74, 6) is -2.08. The largest absolute Gasteiger partial charge is 0.478 e. The summed E-state index contributed by atoms with van der Waals surface area (Å²) < 4.78 is 13.5. The van der Waals surface area contributed by atoms with E-state index < -0.39 is 17.7 Å². The van der Waals surface area contributed by atoms with Gasteiger partial charge in [0.25, 0.3) is 5.91 Å². The van der Waals surface area contributed by atoms with Crippen molar-refractivity contribution in [1.82, 2.24) is 0 Å². The van der Waals surface area contributed by atoms with Crippen LogP contribution in [0.1, 0.15) is 26.3 Å². The van der Waals surface area contributed by atoms with Crippen LogP contribution in [0.2, 0.25) is 0 Å². The lowest BCUT2D eigenvalue weighted by Crippen LogP contribution is -2.16. The standard InChI is InChI=1S/C15H11BrFNO3/c1-8-7-9(17)5-6-10(8)14(19)18-13-11(15(20)21)3-2-4-12(13)16/h2-7H,1H3,(H,18,19)(H,20,21). The second-order valence-corrected chi connectivity index (χ2v) is 5.24. The maximum absolute atomic E-state index is 13.1. The van der Waals surface area contributed by atoms with Crippen LogP contribution in [0.5, 0.6) is 0 Å². The molecule has 0 saturated heterocycles. The normalized spacial score (nSPS) is 10.2. The fourth-order valence-electron chi connectivity index (χ4n) is 1.89. The SMILES string of the molecule is Cc1cc(F)ccc1C(=O)Nc1c(Br)cccc1C(=O)O. The van der Waals surface area contributed by atoms with Gasteiger partial charge in [-0.1, -0.05) is 6.07 Å². The van der Waals surface area contributed by atoms with E-state index in [1.807, 2.05) is 0 Å². The number of aromatic carboxylic acids is 1. The Labute approximate surface area is 128 Å². The molecule has 0 spiro atoms. The number of benzene rings is 2. The van der Waals surface area contributed by atoms with Gasteiger partial charge in [0.05, 0.1) is 11.3 Å². The molecule has 2 aromatic rings. The topological polar surface area (TPSA) is 66.4 Å². The van der Waals surface area contributed by atoms with Crippen LogP contribution >= 0.6 is 15.9 Å². The summed E-state index contributed by atoms with van der Waals surface area (Å²) in [7, 11) is 0. The van der Waals surface area contributed by atoms with Crippen molar-refractivity contribution in [2.45, 2.75) is 6.92 Å². The molecule has 0 heterocycles. The smallest absolute Gasteiger partial charge is 0.337 e.